The summed E-state index contributed by atoms with van der Waals surface area (Å²) in [5.41, 5.74) is 1.85. The Morgan fingerprint density at radius 1 is 1.27 bits per heavy atom. The zero-order valence-corrected chi connectivity index (χ0v) is 13.3. The third kappa shape index (κ3) is 2.60. The van der Waals surface area contributed by atoms with Gasteiger partial charge in [0.05, 0.1) is 5.39 Å². The molecule has 3 aromatic rings. The van der Waals surface area contributed by atoms with Gasteiger partial charge in [-0.25, -0.2) is 4.98 Å². The lowest BCUT2D eigenvalue weighted by molar-refractivity contribution is -0.117. The summed E-state index contributed by atoms with van der Waals surface area (Å²) < 4.78 is 1.60. The third-order valence-electron chi connectivity index (χ3n) is 3.66. The van der Waals surface area contributed by atoms with E-state index in [1.807, 2.05) is 42.6 Å². The second kappa shape index (κ2) is 5.85. The molecule has 0 aliphatic carbocycles. The van der Waals surface area contributed by atoms with Gasteiger partial charge in [0.15, 0.2) is 0 Å². The maximum atomic E-state index is 12.8. The van der Waals surface area contributed by atoms with Gasteiger partial charge in [0, 0.05) is 23.9 Å². The number of carbonyl (C=O) groups is 1. The summed E-state index contributed by atoms with van der Waals surface area (Å²) in [5, 5.41) is 2.62. The molecular formula is C17H16N2O2S. The number of ketones is 1. The van der Waals surface area contributed by atoms with Gasteiger partial charge in [-0.1, -0.05) is 30.3 Å². The van der Waals surface area contributed by atoms with Gasteiger partial charge in [0.2, 0.25) is 0 Å². The summed E-state index contributed by atoms with van der Waals surface area (Å²) in [6.07, 6.45) is 0.346. The molecule has 0 atom stereocenters. The van der Waals surface area contributed by atoms with Crippen molar-refractivity contribution < 1.29 is 4.79 Å². The van der Waals surface area contributed by atoms with E-state index in [2.05, 4.69) is 4.98 Å². The van der Waals surface area contributed by atoms with Crippen molar-refractivity contribution in [1.29, 1.82) is 0 Å². The van der Waals surface area contributed by atoms with Crippen LogP contribution in [0.25, 0.3) is 21.3 Å². The molecule has 0 saturated carbocycles. The molecule has 0 spiro atoms. The Kier molecular flexibility index (Phi) is 3.90. The molecule has 5 heteroatoms. The Morgan fingerprint density at radius 2 is 2.00 bits per heavy atom. The molecular weight excluding hydrogens is 296 g/mol. The fraction of sp³-hybridized carbons (Fsp3) is 0.235. The molecule has 1 aromatic carbocycles. The number of aryl methyl sites for hydroxylation is 1. The van der Waals surface area contributed by atoms with Gasteiger partial charge >= 0.3 is 0 Å². The van der Waals surface area contributed by atoms with E-state index < -0.39 is 0 Å². The minimum atomic E-state index is -0.0659. The molecule has 112 valence electrons. The van der Waals surface area contributed by atoms with E-state index in [9.17, 15) is 9.59 Å². The highest BCUT2D eigenvalue weighted by atomic mass is 32.1. The van der Waals surface area contributed by atoms with Gasteiger partial charge in [-0.05, 0) is 19.4 Å². The van der Waals surface area contributed by atoms with Crippen LogP contribution in [0.2, 0.25) is 0 Å². The van der Waals surface area contributed by atoms with Gasteiger partial charge in [-0.2, -0.15) is 0 Å². The molecule has 3 rings (SSSR count). The third-order valence-corrected chi connectivity index (χ3v) is 4.53. The second-order valence-electron chi connectivity index (χ2n) is 5.26. The number of Topliss-reactive ketones (excluding diaryl/α,β-unsaturated/α-hetero) is 1. The normalized spacial score (nSPS) is 11.0. The van der Waals surface area contributed by atoms with Crippen molar-refractivity contribution in [3.05, 3.63) is 51.9 Å². The van der Waals surface area contributed by atoms with E-state index in [-0.39, 0.29) is 11.3 Å². The molecule has 0 aliphatic rings. The maximum absolute atomic E-state index is 12.8. The van der Waals surface area contributed by atoms with Gasteiger partial charge < -0.3 is 0 Å². The van der Waals surface area contributed by atoms with Crippen molar-refractivity contribution in [2.75, 3.05) is 0 Å². The molecule has 0 saturated heterocycles. The molecule has 0 amide bonds. The second-order valence-corrected chi connectivity index (χ2v) is 6.12. The number of hydrogen-bond donors (Lipinski definition) is 0. The number of thiophene rings is 1. The van der Waals surface area contributed by atoms with Crippen molar-refractivity contribution in [3.63, 3.8) is 0 Å². The largest absolute Gasteiger partial charge is 0.300 e. The predicted molar refractivity (Wildman–Crippen MR) is 89.4 cm³/mol. The molecule has 2 aromatic heterocycles. The zero-order chi connectivity index (χ0) is 15.7. The van der Waals surface area contributed by atoms with E-state index in [0.717, 1.165) is 16.0 Å². The molecule has 0 fully saturated rings. The van der Waals surface area contributed by atoms with Crippen LogP contribution >= 0.6 is 11.3 Å². The summed E-state index contributed by atoms with van der Waals surface area (Å²) in [4.78, 5) is 29.3. The molecule has 2 heterocycles. The number of hydrogen-bond acceptors (Lipinski definition) is 4. The van der Waals surface area contributed by atoms with Crippen molar-refractivity contribution in [3.8, 4) is 11.1 Å². The topological polar surface area (TPSA) is 52.0 Å². The Bertz CT molecular complexity index is 894. The molecule has 0 radical (unpaired) electrons. The van der Waals surface area contributed by atoms with Crippen molar-refractivity contribution >= 4 is 27.3 Å². The van der Waals surface area contributed by atoms with Crippen molar-refractivity contribution in [2.24, 2.45) is 0 Å². The minimum Gasteiger partial charge on any atom is -0.300 e. The first kappa shape index (κ1) is 14.7. The molecule has 0 aliphatic heterocycles. The van der Waals surface area contributed by atoms with Crippen molar-refractivity contribution in [1.82, 2.24) is 9.55 Å². The summed E-state index contributed by atoms with van der Waals surface area (Å²) in [6, 6.07) is 9.83. The van der Waals surface area contributed by atoms with E-state index in [4.69, 9.17) is 0 Å². The van der Waals surface area contributed by atoms with Gasteiger partial charge in [0.25, 0.3) is 5.56 Å². The predicted octanol–water partition coefficient (Wildman–Crippen LogP) is 3.41. The average molecular weight is 312 g/mol. The monoisotopic (exact) mass is 312 g/mol. The molecule has 4 nitrogen and oxygen atoms in total. The van der Waals surface area contributed by atoms with Crippen LogP contribution in [0.5, 0.6) is 0 Å². The van der Waals surface area contributed by atoms with Crippen LogP contribution < -0.4 is 5.56 Å². The van der Waals surface area contributed by atoms with Crippen LogP contribution in [0.3, 0.4) is 0 Å². The molecule has 0 bridgehead atoms. The number of fused-ring (bicyclic) bond motifs is 1. The Morgan fingerprint density at radius 3 is 2.68 bits per heavy atom. The number of benzene rings is 1. The number of nitrogens with zero attached hydrogens (tertiary/aromatic N) is 2. The molecule has 0 N–H and O–H groups in total. The highest BCUT2D eigenvalue weighted by Gasteiger charge is 2.15. The Hall–Kier alpha value is -2.27. The smallest absolute Gasteiger partial charge is 0.262 e. The van der Waals surface area contributed by atoms with E-state index in [1.54, 1.807) is 4.57 Å². The number of aromatic nitrogens is 2. The summed E-state index contributed by atoms with van der Waals surface area (Å²) in [7, 11) is 0. The lowest BCUT2D eigenvalue weighted by Crippen LogP contribution is -2.24. The Labute approximate surface area is 132 Å². The first-order valence-electron chi connectivity index (χ1n) is 7.11. The standard InChI is InChI=1S/C17H16N2O2S/c1-11(20)8-9-19-12(2)18-16-15(17(19)21)14(10-22-16)13-6-4-3-5-7-13/h3-7,10H,8-9H2,1-2H3. The van der Waals surface area contributed by atoms with Crippen LogP contribution in [0.4, 0.5) is 0 Å². The lowest BCUT2D eigenvalue weighted by atomic mass is 10.1. The van der Waals surface area contributed by atoms with Crippen LogP contribution in [-0.2, 0) is 11.3 Å². The first-order valence-corrected chi connectivity index (χ1v) is 7.99. The highest BCUT2D eigenvalue weighted by molar-refractivity contribution is 7.17. The van der Waals surface area contributed by atoms with E-state index in [1.165, 1.54) is 18.3 Å². The minimum absolute atomic E-state index is 0.0659. The van der Waals surface area contributed by atoms with Crippen LogP contribution in [0.1, 0.15) is 19.2 Å². The van der Waals surface area contributed by atoms with Crippen LogP contribution in [0.15, 0.2) is 40.5 Å². The Balaban J connectivity index is 2.20. The molecule has 22 heavy (non-hydrogen) atoms. The van der Waals surface area contributed by atoms with Gasteiger partial charge in [-0.3, -0.25) is 14.2 Å². The van der Waals surface area contributed by atoms with Crippen molar-refractivity contribution in [2.45, 2.75) is 26.8 Å². The SMILES string of the molecule is CC(=O)CCn1c(C)nc2scc(-c3ccccc3)c2c1=O. The molecule has 0 unspecified atom stereocenters. The summed E-state index contributed by atoms with van der Waals surface area (Å²) in [5.74, 6) is 0.722. The summed E-state index contributed by atoms with van der Waals surface area (Å²) >= 11 is 1.48. The maximum Gasteiger partial charge on any atom is 0.262 e. The number of rotatable bonds is 4. The zero-order valence-electron chi connectivity index (χ0n) is 12.5. The fourth-order valence-corrected chi connectivity index (χ4v) is 3.47. The fourth-order valence-electron chi connectivity index (χ4n) is 2.49. The lowest BCUT2D eigenvalue weighted by Gasteiger charge is -2.09. The van der Waals surface area contributed by atoms with E-state index in [0.29, 0.717) is 24.2 Å². The van der Waals surface area contributed by atoms with Gasteiger partial charge in [0.1, 0.15) is 16.4 Å². The first-order chi connectivity index (χ1) is 10.6. The van der Waals surface area contributed by atoms with Gasteiger partial charge in [-0.15, -0.1) is 11.3 Å². The quantitative estimate of drug-likeness (QED) is 0.742. The van der Waals surface area contributed by atoms with Crippen LogP contribution in [0, 0.1) is 6.92 Å². The summed E-state index contributed by atoms with van der Waals surface area (Å²) in [6.45, 7) is 3.72. The highest BCUT2D eigenvalue weighted by Crippen LogP contribution is 2.30. The number of carbonyl (C=O) groups excluding carboxylic acids is 1. The van der Waals surface area contributed by atoms with E-state index >= 15 is 0 Å². The average Bonchev–Trinajstić information content (AvgIpc) is 2.91. The van der Waals surface area contributed by atoms with Crippen LogP contribution in [-0.4, -0.2) is 15.3 Å².